The summed E-state index contributed by atoms with van der Waals surface area (Å²) < 4.78 is 41.8. The van der Waals surface area contributed by atoms with E-state index in [2.05, 4.69) is 0 Å². The largest absolute Gasteiger partial charge is 0.331 e. The summed E-state index contributed by atoms with van der Waals surface area (Å²) >= 11 is 0. The minimum Gasteiger partial charge on any atom is -0.324 e. The Balaban J connectivity index is 4.86. The lowest BCUT2D eigenvalue weighted by atomic mass is 9.93. The van der Waals surface area contributed by atoms with Gasteiger partial charge in [-0.1, -0.05) is 26.7 Å². The molecule has 0 amide bonds. The van der Waals surface area contributed by atoms with Crippen LogP contribution in [0.4, 0.5) is 0 Å². The van der Waals surface area contributed by atoms with Crippen LogP contribution < -0.4 is 0 Å². The molecule has 0 radical (unpaired) electrons. The van der Waals surface area contributed by atoms with Crippen molar-refractivity contribution in [2.75, 3.05) is 5.75 Å². The molecule has 0 fully saturated rings. The molecule has 0 saturated carbocycles. The zero-order valence-corrected chi connectivity index (χ0v) is 12.7. The van der Waals surface area contributed by atoms with Gasteiger partial charge >= 0.3 is 7.60 Å². The molecule has 2 atom stereocenters. The van der Waals surface area contributed by atoms with Crippen molar-refractivity contribution < 1.29 is 27.3 Å². The maximum Gasteiger partial charge on any atom is 0.331 e. The van der Waals surface area contributed by atoms with Crippen LogP contribution in [0.15, 0.2) is 0 Å². The average molecular weight is 302 g/mol. The fraction of sp³-hybridized carbons (Fsp3) is 1.00. The molecule has 18 heavy (non-hydrogen) atoms. The summed E-state index contributed by atoms with van der Waals surface area (Å²) in [5.74, 6) is -0.983. The van der Waals surface area contributed by atoms with E-state index in [4.69, 9.17) is 4.55 Å². The minimum atomic E-state index is -4.31. The molecule has 6 nitrogen and oxygen atoms in total. The molecule has 0 spiro atoms. The van der Waals surface area contributed by atoms with Crippen LogP contribution in [0.3, 0.4) is 0 Å². The molecule has 0 saturated heterocycles. The Morgan fingerprint density at radius 1 is 1.33 bits per heavy atom. The molecule has 0 aliphatic heterocycles. The molecular weight excluding hydrogens is 279 g/mol. The van der Waals surface area contributed by atoms with E-state index in [0.29, 0.717) is 12.8 Å². The quantitative estimate of drug-likeness (QED) is 0.467. The standard InChI is InChI=1S/C10H23O6PS/c1-4-5-6-10(3,17(11,12)13)7-9(2)8-18(14,15)16/h9H,4-8H2,1-3H3,(H2,11,12,13)(H,14,15,16). The van der Waals surface area contributed by atoms with Gasteiger partial charge in [0, 0.05) is 0 Å². The first-order valence-electron chi connectivity index (χ1n) is 5.92. The van der Waals surface area contributed by atoms with Crippen LogP contribution in [0.2, 0.25) is 0 Å². The Bertz CT molecular complexity index is 401. The van der Waals surface area contributed by atoms with E-state index in [9.17, 15) is 22.8 Å². The Labute approximate surface area is 109 Å². The minimum absolute atomic E-state index is 0.0665. The van der Waals surface area contributed by atoms with Crippen LogP contribution in [0.25, 0.3) is 0 Å². The van der Waals surface area contributed by atoms with Gasteiger partial charge in [-0.3, -0.25) is 9.12 Å². The fourth-order valence-corrected chi connectivity index (χ4v) is 3.93. The molecule has 0 bridgehead atoms. The summed E-state index contributed by atoms with van der Waals surface area (Å²) in [5.41, 5.74) is 0. The second-order valence-electron chi connectivity index (χ2n) is 5.20. The first-order chi connectivity index (χ1) is 7.91. The molecule has 0 rings (SSSR count). The summed E-state index contributed by atoms with van der Waals surface area (Å²) in [7, 11) is -8.43. The number of unbranched alkanes of at least 4 members (excludes halogenated alkanes) is 1. The van der Waals surface area contributed by atoms with E-state index in [-0.39, 0.29) is 6.42 Å². The zero-order valence-electron chi connectivity index (χ0n) is 11.0. The summed E-state index contributed by atoms with van der Waals surface area (Å²) in [5, 5.41) is -1.23. The third-order valence-electron chi connectivity index (χ3n) is 3.06. The number of hydrogen-bond acceptors (Lipinski definition) is 3. The highest BCUT2D eigenvalue weighted by Gasteiger charge is 2.42. The van der Waals surface area contributed by atoms with Gasteiger partial charge in [0.2, 0.25) is 0 Å². The van der Waals surface area contributed by atoms with Gasteiger partial charge in [-0.05, 0) is 25.7 Å². The molecule has 3 N–H and O–H groups in total. The van der Waals surface area contributed by atoms with E-state index in [1.165, 1.54) is 6.92 Å². The van der Waals surface area contributed by atoms with Crippen LogP contribution in [0.1, 0.15) is 46.5 Å². The highest BCUT2D eigenvalue weighted by atomic mass is 32.2. The molecule has 0 aromatic heterocycles. The van der Waals surface area contributed by atoms with Crippen molar-refractivity contribution in [1.82, 2.24) is 0 Å². The fourth-order valence-electron chi connectivity index (χ4n) is 2.09. The number of rotatable bonds is 8. The summed E-state index contributed by atoms with van der Waals surface area (Å²) in [4.78, 5) is 18.8. The third-order valence-corrected chi connectivity index (χ3v) is 5.86. The lowest BCUT2D eigenvalue weighted by Crippen LogP contribution is -2.29. The average Bonchev–Trinajstić information content (AvgIpc) is 2.09. The Kier molecular flexibility index (Phi) is 6.50. The van der Waals surface area contributed by atoms with Gasteiger partial charge in [0.05, 0.1) is 10.9 Å². The van der Waals surface area contributed by atoms with Crippen molar-refractivity contribution in [3.05, 3.63) is 0 Å². The SMILES string of the molecule is CCCCC(C)(CC(C)CS(=O)(=O)O)P(=O)(O)O. The van der Waals surface area contributed by atoms with E-state index in [1.807, 2.05) is 6.92 Å². The maximum atomic E-state index is 11.5. The Morgan fingerprint density at radius 3 is 2.17 bits per heavy atom. The summed E-state index contributed by atoms with van der Waals surface area (Å²) in [6.07, 6.45) is 1.88. The van der Waals surface area contributed by atoms with Crippen molar-refractivity contribution in [2.24, 2.45) is 5.92 Å². The molecular formula is C10H23O6PS. The molecule has 110 valence electrons. The normalized spacial score (nSPS) is 18.3. The highest BCUT2D eigenvalue weighted by molar-refractivity contribution is 7.85. The van der Waals surface area contributed by atoms with Gasteiger partial charge in [-0.15, -0.1) is 0 Å². The van der Waals surface area contributed by atoms with Crippen LogP contribution in [0, 0.1) is 5.92 Å². The van der Waals surface area contributed by atoms with E-state index in [1.54, 1.807) is 6.92 Å². The van der Waals surface area contributed by atoms with Gasteiger partial charge in [0.1, 0.15) is 0 Å². The van der Waals surface area contributed by atoms with Crippen molar-refractivity contribution in [1.29, 1.82) is 0 Å². The first kappa shape index (κ1) is 18.1. The third kappa shape index (κ3) is 6.29. The van der Waals surface area contributed by atoms with Crippen molar-refractivity contribution >= 4 is 17.7 Å². The molecule has 8 heteroatoms. The van der Waals surface area contributed by atoms with Crippen LogP contribution in [0.5, 0.6) is 0 Å². The maximum absolute atomic E-state index is 11.5. The lowest BCUT2D eigenvalue weighted by Gasteiger charge is -2.32. The van der Waals surface area contributed by atoms with Crippen LogP contribution in [-0.2, 0) is 14.7 Å². The van der Waals surface area contributed by atoms with Crippen molar-refractivity contribution in [3.63, 3.8) is 0 Å². The van der Waals surface area contributed by atoms with Gasteiger partial charge < -0.3 is 9.79 Å². The monoisotopic (exact) mass is 302 g/mol. The summed E-state index contributed by atoms with van der Waals surface area (Å²) in [6, 6.07) is 0. The first-order valence-corrected chi connectivity index (χ1v) is 9.14. The van der Waals surface area contributed by atoms with E-state index < -0.39 is 34.5 Å². The van der Waals surface area contributed by atoms with E-state index >= 15 is 0 Å². The van der Waals surface area contributed by atoms with Gasteiger partial charge in [-0.25, -0.2) is 0 Å². The highest BCUT2D eigenvalue weighted by Crippen LogP contribution is 2.56. The van der Waals surface area contributed by atoms with Gasteiger partial charge in [0.15, 0.2) is 0 Å². The molecule has 2 unspecified atom stereocenters. The predicted octanol–water partition coefficient (Wildman–Crippen LogP) is 2.03. The molecule has 0 aliphatic rings. The topological polar surface area (TPSA) is 112 Å². The van der Waals surface area contributed by atoms with E-state index in [0.717, 1.165) is 6.42 Å². The summed E-state index contributed by atoms with van der Waals surface area (Å²) in [6.45, 7) is 4.96. The lowest BCUT2D eigenvalue weighted by molar-refractivity contribution is 0.296. The Morgan fingerprint density at radius 2 is 1.83 bits per heavy atom. The van der Waals surface area contributed by atoms with Gasteiger partial charge in [0.25, 0.3) is 10.1 Å². The van der Waals surface area contributed by atoms with Crippen LogP contribution >= 0.6 is 7.60 Å². The Hall–Kier alpha value is 0.0600. The smallest absolute Gasteiger partial charge is 0.324 e. The van der Waals surface area contributed by atoms with Gasteiger partial charge in [-0.2, -0.15) is 8.42 Å². The second kappa shape index (κ2) is 6.48. The van der Waals surface area contributed by atoms with Crippen LogP contribution in [-0.4, -0.2) is 33.7 Å². The molecule has 0 aromatic rings. The number of hydrogen-bond donors (Lipinski definition) is 3. The second-order valence-corrected chi connectivity index (χ2v) is 8.87. The van der Waals surface area contributed by atoms with Crippen molar-refractivity contribution in [2.45, 2.75) is 51.6 Å². The molecule has 0 aliphatic carbocycles. The molecule has 0 aromatic carbocycles. The zero-order chi connectivity index (χ0) is 14.6. The van der Waals surface area contributed by atoms with Crippen molar-refractivity contribution in [3.8, 4) is 0 Å². The molecule has 0 heterocycles. The predicted molar refractivity (Wildman–Crippen MR) is 70.2 cm³/mol.